The van der Waals surface area contributed by atoms with Crippen LogP contribution in [0.25, 0.3) is 0 Å². The molecule has 0 aromatic heterocycles. The van der Waals surface area contributed by atoms with Gasteiger partial charge in [0, 0.05) is 5.88 Å². The Morgan fingerprint density at radius 3 is 2.35 bits per heavy atom. The van der Waals surface area contributed by atoms with Crippen LogP contribution in [0.4, 0.5) is 0 Å². The molecular formula is C16H16Cl2O2. The van der Waals surface area contributed by atoms with Gasteiger partial charge in [0.25, 0.3) is 0 Å². The first-order valence-electron chi connectivity index (χ1n) is 6.34. The number of benzene rings is 2. The first kappa shape index (κ1) is 15.2. The van der Waals surface area contributed by atoms with E-state index in [4.69, 9.17) is 27.9 Å². The maximum absolute atomic E-state index is 10.3. The van der Waals surface area contributed by atoms with E-state index in [2.05, 4.69) is 0 Å². The standard InChI is InChI=1S/C16H16Cl2O2/c1-16(19,10-11-17)12-6-8-13(9-7-12)20-15-5-3-2-4-14(15)18/h2-9,19H,10-11H2,1H3. The molecule has 0 heterocycles. The lowest BCUT2D eigenvalue weighted by Gasteiger charge is -2.22. The van der Waals surface area contributed by atoms with Gasteiger partial charge in [-0.15, -0.1) is 11.6 Å². The Balaban J connectivity index is 2.15. The summed E-state index contributed by atoms with van der Waals surface area (Å²) in [6.45, 7) is 1.75. The van der Waals surface area contributed by atoms with E-state index in [0.29, 0.717) is 28.8 Å². The lowest BCUT2D eigenvalue weighted by Crippen LogP contribution is -2.21. The van der Waals surface area contributed by atoms with Gasteiger partial charge in [0.15, 0.2) is 0 Å². The smallest absolute Gasteiger partial charge is 0.146 e. The maximum atomic E-state index is 10.3. The van der Waals surface area contributed by atoms with Crippen molar-refractivity contribution in [1.29, 1.82) is 0 Å². The van der Waals surface area contributed by atoms with Crippen LogP contribution in [0.15, 0.2) is 48.5 Å². The number of aliphatic hydroxyl groups is 1. The molecule has 0 aliphatic carbocycles. The van der Waals surface area contributed by atoms with Crippen molar-refractivity contribution >= 4 is 23.2 Å². The monoisotopic (exact) mass is 310 g/mol. The summed E-state index contributed by atoms with van der Waals surface area (Å²) < 4.78 is 5.70. The predicted octanol–water partition coefficient (Wildman–Crippen LogP) is 4.97. The summed E-state index contributed by atoms with van der Waals surface area (Å²) >= 11 is 11.7. The molecule has 0 aliphatic rings. The van der Waals surface area contributed by atoms with Crippen LogP contribution in [-0.4, -0.2) is 11.0 Å². The number of hydrogen-bond acceptors (Lipinski definition) is 2. The molecule has 20 heavy (non-hydrogen) atoms. The molecule has 0 saturated heterocycles. The minimum Gasteiger partial charge on any atom is -0.456 e. The second-order valence-electron chi connectivity index (χ2n) is 4.77. The Labute approximate surface area is 128 Å². The number of ether oxygens (including phenoxy) is 1. The van der Waals surface area contributed by atoms with E-state index in [1.165, 1.54) is 0 Å². The SMILES string of the molecule is CC(O)(CCCl)c1ccc(Oc2ccccc2Cl)cc1. The molecule has 2 aromatic rings. The summed E-state index contributed by atoms with van der Waals surface area (Å²) in [6.07, 6.45) is 0.499. The Hall–Kier alpha value is -1.22. The zero-order chi connectivity index (χ0) is 14.6. The molecule has 0 radical (unpaired) electrons. The van der Waals surface area contributed by atoms with E-state index in [0.717, 1.165) is 5.56 Å². The van der Waals surface area contributed by atoms with Crippen molar-refractivity contribution in [3.05, 3.63) is 59.1 Å². The van der Waals surface area contributed by atoms with Crippen molar-refractivity contribution in [3.8, 4) is 11.5 Å². The first-order valence-corrected chi connectivity index (χ1v) is 7.25. The third-order valence-corrected chi connectivity index (χ3v) is 3.62. The summed E-state index contributed by atoms with van der Waals surface area (Å²) in [5.74, 6) is 1.68. The molecule has 2 nitrogen and oxygen atoms in total. The third-order valence-electron chi connectivity index (χ3n) is 3.12. The van der Waals surface area contributed by atoms with Crippen molar-refractivity contribution < 1.29 is 9.84 Å². The molecule has 106 valence electrons. The molecule has 0 bridgehead atoms. The fraction of sp³-hybridized carbons (Fsp3) is 0.250. The second kappa shape index (κ2) is 6.49. The molecule has 1 unspecified atom stereocenters. The lowest BCUT2D eigenvalue weighted by atomic mass is 9.93. The molecular weight excluding hydrogens is 295 g/mol. The normalized spacial score (nSPS) is 13.8. The summed E-state index contributed by atoms with van der Waals surface area (Å²) in [7, 11) is 0. The topological polar surface area (TPSA) is 29.5 Å². The van der Waals surface area contributed by atoms with Crippen LogP contribution in [-0.2, 0) is 5.60 Å². The van der Waals surface area contributed by atoms with Crippen molar-refractivity contribution in [2.24, 2.45) is 0 Å². The van der Waals surface area contributed by atoms with Crippen LogP contribution in [0.2, 0.25) is 5.02 Å². The highest BCUT2D eigenvalue weighted by atomic mass is 35.5. The van der Waals surface area contributed by atoms with E-state index in [1.54, 1.807) is 31.2 Å². The van der Waals surface area contributed by atoms with Crippen molar-refractivity contribution in [3.63, 3.8) is 0 Å². The van der Waals surface area contributed by atoms with Crippen LogP contribution in [0.1, 0.15) is 18.9 Å². The van der Waals surface area contributed by atoms with E-state index < -0.39 is 5.60 Å². The van der Waals surface area contributed by atoms with Crippen LogP contribution in [0.3, 0.4) is 0 Å². The van der Waals surface area contributed by atoms with Gasteiger partial charge in [-0.3, -0.25) is 0 Å². The largest absolute Gasteiger partial charge is 0.456 e. The van der Waals surface area contributed by atoms with E-state index in [1.807, 2.05) is 24.3 Å². The molecule has 0 saturated carbocycles. The number of para-hydroxylation sites is 1. The Bertz CT molecular complexity index is 565. The van der Waals surface area contributed by atoms with E-state index in [9.17, 15) is 5.11 Å². The maximum Gasteiger partial charge on any atom is 0.146 e. The Morgan fingerprint density at radius 1 is 1.10 bits per heavy atom. The van der Waals surface area contributed by atoms with Gasteiger partial charge in [0.1, 0.15) is 11.5 Å². The van der Waals surface area contributed by atoms with Crippen LogP contribution in [0.5, 0.6) is 11.5 Å². The highest BCUT2D eigenvalue weighted by Crippen LogP contribution is 2.31. The number of rotatable bonds is 5. The third kappa shape index (κ3) is 3.66. The minimum absolute atomic E-state index is 0.408. The second-order valence-corrected chi connectivity index (χ2v) is 5.55. The van der Waals surface area contributed by atoms with Gasteiger partial charge in [-0.25, -0.2) is 0 Å². The van der Waals surface area contributed by atoms with Gasteiger partial charge >= 0.3 is 0 Å². The van der Waals surface area contributed by atoms with Gasteiger partial charge in [-0.1, -0.05) is 35.9 Å². The van der Waals surface area contributed by atoms with Crippen LogP contribution >= 0.6 is 23.2 Å². The number of hydrogen-bond donors (Lipinski definition) is 1. The molecule has 1 N–H and O–H groups in total. The molecule has 2 rings (SSSR count). The highest BCUT2D eigenvalue weighted by Gasteiger charge is 2.22. The fourth-order valence-corrected chi connectivity index (χ4v) is 2.41. The zero-order valence-electron chi connectivity index (χ0n) is 11.1. The molecule has 2 aromatic carbocycles. The fourth-order valence-electron chi connectivity index (χ4n) is 1.86. The Morgan fingerprint density at radius 2 is 1.75 bits per heavy atom. The molecule has 0 aliphatic heterocycles. The molecule has 4 heteroatoms. The van der Waals surface area contributed by atoms with Crippen molar-refractivity contribution in [1.82, 2.24) is 0 Å². The Kier molecular flexibility index (Phi) is 4.92. The quantitative estimate of drug-likeness (QED) is 0.790. The average Bonchev–Trinajstić information content (AvgIpc) is 2.42. The van der Waals surface area contributed by atoms with Gasteiger partial charge in [-0.05, 0) is 43.2 Å². The van der Waals surface area contributed by atoms with Gasteiger partial charge < -0.3 is 9.84 Å². The van der Waals surface area contributed by atoms with E-state index >= 15 is 0 Å². The molecule has 0 spiro atoms. The van der Waals surface area contributed by atoms with Gasteiger partial charge in [0.2, 0.25) is 0 Å². The highest BCUT2D eigenvalue weighted by molar-refractivity contribution is 6.32. The van der Waals surface area contributed by atoms with Gasteiger partial charge in [-0.2, -0.15) is 0 Å². The van der Waals surface area contributed by atoms with Crippen molar-refractivity contribution in [2.45, 2.75) is 18.9 Å². The number of alkyl halides is 1. The summed E-state index contributed by atoms with van der Waals surface area (Å²) in [5.41, 5.74) is -0.116. The first-order chi connectivity index (χ1) is 9.53. The van der Waals surface area contributed by atoms with E-state index in [-0.39, 0.29) is 0 Å². The molecule has 1 atom stereocenters. The van der Waals surface area contributed by atoms with Gasteiger partial charge in [0.05, 0.1) is 10.6 Å². The van der Waals surface area contributed by atoms with Crippen LogP contribution < -0.4 is 4.74 Å². The van der Waals surface area contributed by atoms with Crippen molar-refractivity contribution in [2.75, 3.05) is 5.88 Å². The van der Waals surface area contributed by atoms with Crippen LogP contribution in [0, 0.1) is 0 Å². The molecule has 0 amide bonds. The summed E-state index contributed by atoms with van der Waals surface area (Å²) in [4.78, 5) is 0. The number of halogens is 2. The average molecular weight is 311 g/mol. The zero-order valence-corrected chi connectivity index (χ0v) is 12.7. The predicted molar refractivity (Wildman–Crippen MR) is 82.9 cm³/mol. The summed E-state index contributed by atoms with van der Waals surface area (Å²) in [6, 6.07) is 14.6. The lowest BCUT2D eigenvalue weighted by molar-refractivity contribution is 0.0540. The molecule has 0 fully saturated rings. The summed E-state index contributed by atoms with van der Waals surface area (Å²) in [5, 5.41) is 10.8. The minimum atomic E-state index is -0.926.